The van der Waals surface area contributed by atoms with E-state index in [2.05, 4.69) is 27.3 Å². The predicted octanol–water partition coefficient (Wildman–Crippen LogP) is 5.07. The zero-order chi connectivity index (χ0) is 23.3. The number of pyridine rings is 1. The lowest BCUT2D eigenvalue weighted by Crippen LogP contribution is -2.34. The zero-order valence-electron chi connectivity index (χ0n) is 19.7. The second-order valence-corrected chi connectivity index (χ2v) is 9.16. The summed E-state index contributed by atoms with van der Waals surface area (Å²) in [6, 6.07) is 10.1. The molecule has 0 amide bonds. The van der Waals surface area contributed by atoms with E-state index in [-0.39, 0.29) is 6.10 Å². The lowest BCUT2D eigenvalue weighted by Gasteiger charge is -2.32. The summed E-state index contributed by atoms with van der Waals surface area (Å²) in [5.41, 5.74) is 3.23. The molecule has 3 rings (SSSR count). The number of aliphatic hydroxyl groups is 1. The van der Waals surface area contributed by atoms with E-state index < -0.39 is 0 Å². The number of aldehydes is 1. The van der Waals surface area contributed by atoms with E-state index >= 15 is 0 Å². The normalized spacial score (nSPS) is 15.1. The predicted molar refractivity (Wildman–Crippen MR) is 134 cm³/mol. The van der Waals surface area contributed by atoms with Crippen molar-refractivity contribution in [3.63, 3.8) is 0 Å². The molecular weight excluding hydrogens is 422 g/mol. The smallest absolute Gasteiger partial charge is 0.150 e. The van der Waals surface area contributed by atoms with Crippen LogP contribution in [-0.4, -0.2) is 49.2 Å². The van der Waals surface area contributed by atoms with Crippen molar-refractivity contribution >= 4 is 23.7 Å². The maximum absolute atomic E-state index is 10.9. The summed E-state index contributed by atoms with van der Waals surface area (Å²) in [6.07, 6.45) is 9.86. The van der Waals surface area contributed by atoms with Gasteiger partial charge in [0.2, 0.25) is 0 Å². The summed E-state index contributed by atoms with van der Waals surface area (Å²) in [5, 5.41) is 12.0. The lowest BCUT2D eigenvalue weighted by molar-refractivity contribution is 0.112. The zero-order valence-corrected chi connectivity index (χ0v) is 20.4. The highest BCUT2D eigenvalue weighted by Gasteiger charge is 2.19. The Balaban J connectivity index is 0.000000534. The molecule has 1 atom stereocenters. The number of aryl methyl sites for hydroxylation is 2. The Labute approximate surface area is 198 Å². The van der Waals surface area contributed by atoms with Gasteiger partial charge in [0.1, 0.15) is 12.1 Å². The number of piperidine rings is 1. The number of anilines is 1. The Morgan fingerprint density at radius 1 is 1.25 bits per heavy atom. The SMILES string of the molecule is CNCC(C)O.Cc1cc(CCCCC2CCN(c3ccc(Cl)cn3)CC2)ccc1C=O. The van der Waals surface area contributed by atoms with Gasteiger partial charge in [0.05, 0.1) is 11.1 Å². The van der Waals surface area contributed by atoms with Crippen LogP contribution in [0.25, 0.3) is 0 Å². The molecule has 1 aromatic heterocycles. The van der Waals surface area contributed by atoms with Crippen LogP contribution in [0.4, 0.5) is 5.82 Å². The van der Waals surface area contributed by atoms with Gasteiger partial charge >= 0.3 is 0 Å². The average molecular weight is 460 g/mol. The number of benzene rings is 1. The van der Waals surface area contributed by atoms with E-state index in [9.17, 15) is 4.79 Å². The van der Waals surface area contributed by atoms with Crippen molar-refractivity contribution in [2.75, 3.05) is 31.6 Å². The average Bonchev–Trinajstić information content (AvgIpc) is 2.78. The third-order valence-electron chi connectivity index (χ3n) is 5.94. The molecule has 0 saturated carbocycles. The van der Waals surface area contributed by atoms with E-state index in [1.165, 1.54) is 37.7 Å². The number of carbonyl (C=O) groups excluding carboxylic acids is 1. The van der Waals surface area contributed by atoms with Gasteiger partial charge in [0.15, 0.2) is 0 Å². The molecule has 176 valence electrons. The van der Waals surface area contributed by atoms with Gasteiger partial charge in [-0.3, -0.25) is 4.79 Å². The van der Waals surface area contributed by atoms with Crippen molar-refractivity contribution in [3.8, 4) is 0 Å². The van der Waals surface area contributed by atoms with Crippen molar-refractivity contribution in [1.82, 2.24) is 10.3 Å². The van der Waals surface area contributed by atoms with Gasteiger partial charge in [-0.1, -0.05) is 42.6 Å². The van der Waals surface area contributed by atoms with Gasteiger partial charge in [-0.15, -0.1) is 0 Å². The van der Waals surface area contributed by atoms with E-state index in [1.807, 2.05) is 32.2 Å². The Kier molecular flexibility index (Phi) is 11.7. The summed E-state index contributed by atoms with van der Waals surface area (Å²) >= 11 is 5.92. The number of nitrogens with one attached hydrogen (secondary N) is 1. The number of likely N-dealkylation sites (N-methyl/N-ethyl adjacent to an activating group) is 1. The van der Waals surface area contributed by atoms with Crippen molar-refractivity contribution in [1.29, 1.82) is 0 Å². The van der Waals surface area contributed by atoms with Crippen LogP contribution in [0, 0.1) is 12.8 Å². The van der Waals surface area contributed by atoms with Gasteiger partial charge < -0.3 is 15.3 Å². The van der Waals surface area contributed by atoms with E-state index in [1.54, 1.807) is 13.1 Å². The van der Waals surface area contributed by atoms with Gasteiger partial charge in [-0.2, -0.15) is 0 Å². The summed E-state index contributed by atoms with van der Waals surface area (Å²) in [4.78, 5) is 17.7. The number of aromatic nitrogens is 1. The molecule has 5 nitrogen and oxygen atoms in total. The fourth-order valence-electron chi connectivity index (χ4n) is 4.09. The fraction of sp³-hybridized carbons (Fsp3) is 0.538. The first-order valence-corrected chi connectivity index (χ1v) is 12.0. The van der Waals surface area contributed by atoms with Gasteiger partial charge in [0.25, 0.3) is 0 Å². The van der Waals surface area contributed by atoms with Crippen LogP contribution in [0.1, 0.15) is 60.5 Å². The van der Waals surface area contributed by atoms with E-state index in [4.69, 9.17) is 16.7 Å². The number of unbranched alkanes of at least 4 members (excludes halogenated alkanes) is 1. The summed E-state index contributed by atoms with van der Waals surface area (Å²) in [5.74, 6) is 1.87. The van der Waals surface area contributed by atoms with Crippen LogP contribution >= 0.6 is 11.6 Å². The second kappa shape index (κ2) is 14.2. The molecule has 0 spiro atoms. The third kappa shape index (κ3) is 9.27. The number of rotatable bonds is 9. The number of aliphatic hydroxyl groups excluding tert-OH is 1. The molecule has 1 fully saturated rings. The molecule has 32 heavy (non-hydrogen) atoms. The van der Waals surface area contributed by atoms with Gasteiger partial charge in [0, 0.05) is 31.4 Å². The van der Waals surface area contributed by atoms with Gasteiger partial charge in [-0.25, -0.2) is 4.98 Å². The van der Waals surface area contributed by atoms with Crippen molar-refractivity contribution in [3.05, 3.63) is 58.2 Å². The Morgan fingerprint density at radius 3 is 2.53 bits per heavy atom. The summed E-state index contributed by atoms with van der Waals surface area (Å²) < 4.78 is 0. The number of halogens is 1. The molecule has 0 aliphatic carbocycles. The number of hydrogen-bond acceptors (Lipinski definition) is 5. The molecule has 0 bridgehead atoms. The standard InChI is InChI=1S/C22H27ClN2O.C4H11NO/c1-17-14-19(6-7-20(17)16-26)5-3-2-4-18-10-12-25(13-11-18)22-9-8-21(23)15-24-22;1-4(6)3-5-2/h6-9,14-16,18H,2-5,10-13H2,1H3;4-6H,3H2,1-2H3. The first-order valence-electron chi connectivity index (χ1n) is 11.7. The van der Waals surface area contributed by atoms with Crippen LogP contribution in [0.15, 0.2) is 36.5 Å². The van der Waals surface area contributed by atoms with Crippen LogP contribution in [0.5, 0.6) is 0 Å². The molecule has 2 heterocycles. The minimum atomic E-state index is -0.213. The highest BCUT2D eigenvalue weighted by molar-refractivity contribution is 6.30. The molecule has 2 aromatic rings. The van der Waals surface area contributed by atoms with Crippen molar-refractivity contribution in [2.24, 2.45) is 5.92 Å². The first-order chi connectivity index (χ1) is 15.4. The fourth-order valence-corrected chi connectivity index (χ4v) is 4.20. The van der Waals surface area contributed by atoms with E-state index in [0.29, 0.717) is 11.6 Å². The quantitative estimate of drug-likeness (QED) is 0.404. The molecule has 1 aliphatic heterocycles. The third-order valence-corrected chi connectivity index (χ3v) is 6.16. The van der Waals surface area contributed by atoms with Gasteiger partial charge in [-0.05, 0) is 75.8 Å². The van der Waals surface area contributed by atoms with Crippen LogP contribution in [0.2, 0.25) is 5.02 Å². The van der Waals surface area contributed by atoms with Crippen LogP contribution < -0.4 is 10.2 Å². The second-order valence-electron chi connectivity index (χ2n) is 8.73. The molecule has 1 saturated heterocycles. The Bertz CT molecular complexity index is 803. The number of carbonyl (C=O) groups is 1. The molecular formula is C26H38ClN3O2. The topological polar surface area (TPSA) is 65.5 Å². The number of hydrogen-bond donors (Lipinski definition) is 2. The van der Waals surface area contributed by atoms with Crippen LogP contribution in [-0.2, 0) is 6.42 Å². The number of nitrogens with zero attached hydrogens (tertiary/aromatic N) is 2. The summed E-state index contributed by atoms with van der Waals surface area (Å²) in [7, 11) is 1.81. The minimum absolute atomic E-state index is 0.213. The Hall–Kier alpha value is -1.95. The maximum atomic E-state index is 10.9. The summed E-state index contributed by atoms with van der Waals surface area (Å²) in [6.45, 7) is 6.62. The Morgan fingerprint density at radius 2 is 2.00 bits per heavy atom. The monoisotopic (exact) mass is 459 g/mol. The van der Waals surface area contributed by atoms with Crippen LogP contribution in [0.3, 0.4) is 0 Å². The first kappa shape index (κ1) is 26.3. The molecule has 1 aliphatic rings. The van der Waals surface area contributed by atoms with Crippen molar-refractivity contribution in [2.45, 2.75) is 58.5 Å². The molecule has 0 radical (unpaired) electrons. The molecule has 6 heteroatoms. The largest absolute Gasteiger partial charge is 0.392 e. The minimum Gasteiger partial charge on any atom is -0.392 e. The lowest BCUT2D eigenvalue weighted by atomic mass is 9.90. The molecule has 1 unspecified atom stereocenters. The molecule has 2 N–H and O–H groups in total. The molecule has 1 aromatic carbocycles. The highest BCUT2D eigenvalue weighted by Crippen LogP contribution is 2.26. The van der Waals surface area contributed by atoms with E-state index in [0.717, 1.165) is 48.7 Å². The maximum Gasteiger partial charge on any atom is 0.150 e. The van der Waals surface area contributed by atoms with Crippen molar-refractivity contribution < 1.29 is 9.90 Å². The highest BCUT2D eigenvalue weighted by atomic mass is 35.5.